The fourth-order valence-electron chi connectivity index (χ4n) is 1.68. The summed E-state index contributed by atoms with van der Waals surface area (Å²) >= 11 is 23.8. The van der Waals surface area contributed by atoms with Crippen LogP contribution >= 0.6 is 46.4 Å². The van der Waals surface area contributed by atoms with Crippen LogP contribution in [0.3, 0.4) is 0 Å². The maximum atomic E-state index is 9.31. The van der Waals surface area contributed by atoms with E-state index in [9.17, 15) is 5.11 Å². The van der Waals surface area contributed by atoms with Crippen molar-refractivity contribution in [3.8, 4) is 5.75 Å². The number of rotatable bonds is 4. The smallest absolute Gasteiger partial charge is 0.144 e. The Morgan fingerprint density at radius 3 is 2.20 bits per heavy atom. The predicted octanol–water partition coefficient (Wildman–Crippen LogP) is 5.37. The third-order valence-electron chi connectivity index (χ3n) is 2.64. The molecule has 0 unspecified atom stereocenters. The molecule has 0 aliphatic carbocycles. The highest BCUT2D eigenvalue weighted by Gasteiger charge is 2.11. The minimum atomic E-state index is -0.218. The second kappa shape index (κ2) is 6.88. The number of hydrogen-bond donors (Lipinski definition) is 1. The van der Waals surface area contributed by atoms with Gasteiger partial charge in [0, 0.05) is 26.2 Å². The summed E-state index contributed by atoms with van der Waals surface area (Å²) in [5.41, 5.74) is 1.29. The molecule has 0 amide bonds. The number of halogens is 4. The number of aliphatic hydroxyl groups excluding tert-OH is 1. The summed E-state index contributed by atoms with van der Waals surface area (Å²) < 4.78 is 5.64. The Balaban J connectivity index is 2.22. The molecular formula is C14H10Cl4O2. The largest absolute Gasteiger partial charge is 0.487 e. The monoisotopic (exact) mass is 350 g/mol. The van der Waals surface area contributed by atoms with Gasteiger partial charge in [0.05, 0.1) is 11.6 Å². The van der Waals surface area contributed by atoms with Crippen LogP contribution in [0.2, 0.25) is 20.1 Å². The van der Waals surface area contributed by atoms with E-state index in [2.05, 4.69) is 0 Å². The Hall–Kier alpha value is -0.640. The molecular weight excluding hydrogens is 342 g/mol. The van der Waals surface area contributed by atoms with Gasteiger partial charge in [-0.05, 0) is 24.3 Å². The standard InChI is InChI=1S/C14H10Cl4O2/c15-10-2-1-8(12(17)4-10)7-20-14-9(6-19)3-11(16)5-13(14)18/h1-5,19H,6-7H2. The molecule has 0 fully saturated rings. The molecule has 1 N–H and O–H groups in total. The molecule has 106 valence electrons. The minimum Gasteiger partial charge on any atom is -0.487 e. The lowest BCUT2D eigenvalue weighted by Gasteiger charge is -2.13. The fourth-order valence-corrected chi connectivity index (χ4v) is 2.73. The number of aliphatic hydroxyl groups is 1. The van der Waals surface area contributed by atoms with E-state index < -0.39 is 0 Å². The molecule has 0 aliphatic heterocycles. The second-order valence-electron chi connectivity index (χ2n) is 4.06. The van der Waals surface area contributed by atoms with Crippen LogP contribution in [0, 0.1) is 0 Å². The summed E-state index contributed by atoms with van der Waals surface area (Å²) in [6.07, 6.45) is 0. The summed E-state index contributed by atoms with van der Waals surface area (Å²) in [5, 5.41) is 11.2. The molecule has 2 rings (SSSR count). The van der Waals surface area contributed by atoms with Crippen molar-refractivity contribution in [2.75, 3.05) is 0 Å². The van der Waals surface area contributed by atoms with E-state index in [1.807, 2.05) is 0 Å². The highest BCUT2D eigenvalue weighted by molar-refractivity contribution is 6.36. The topological polar surface area (TPSA) is 29.5 Å². The normalized spacial score (nSPS) is 10.7. The average molecular weight is 352 g/mol. The van der Waals surface area contributed by atoms with Crippen molar-refractivity contribution in [3.05, 3.63) is 61.5 Å². The van der Waals surface area contributed by atoms with E-state index in [0.29, 0.717) is 31.4 Å². The molecule has 0 atom stereocenters. The van der Waals surface area contributed by atoms with E-state index in [1.165, 1.54) is 0 Å². The highest BCUT2D eigenvalue weighted by atomic mass is 35.5. The van der Waals surface area contributed by atoms with Crippen LogP contribution in [-0.4, -0.2) is 5.11 Å². The maximum Gasteiger partial charge on any atom is 0.144 e. The molecule has 0 spiro atoms. The van der Waals surface area contributed by atoms with Gasteiger partial charge in [0.25, 0.3) is 0 Å². The van der Waals surface area contributed by atoms with Gasteiger partial charge < -0.3 is 9.84 Å². The molecule has 6 heteroatoms. The number of benzene rings is 2. The predicted molar refractivity (Wildman–Crippen MR) is 83.2 cm³/mol. The van der Waals surface area contributed by atoms with E-state index in [0.717, 1.165) is 5.56 Å². The lowest BCUT2D eigenvalue weighted by atomic mass is 10.2. The summed E-state index contributed by atoms with van der Waals surface area (Å²) in [4.78, 5) is 0. The Labute approximate surface area is 136 Å². The van der Waals surface area contributed by atoms with Gasteiger partial charge in [0.1, 0.15) is 12.4 Å². The zero-order valence-corrected chi connectivity index (χ0v) is 13.2. The first kappa shape index (κ1) is 15.7. The molecule has 0 heterocycles. The van der Waals surface area contributed by atoms with Crippen molar-refractivity contribution >= 4 is 46.4 Å². The first-order valence-corrected chi connectivity index (χ1v) is 7.18. The number of hydrogen-bond acceptors (Lipinski definition) is 2. The van der Waals surface area contributed by atoms with Crippen LogP contribution in [0.25, 0.3) is 0 Å². The van der Waals surface area contributed by atoms with Gasteiger partial charge in [0.15, 0.2) is 0 Å². The van der Waals surface area contributed by atoms with Gasteiger partial charge in [-0.2, -0.15) is 0 Å². The molecule has 2 nitrogen and oxygen atoms in total. The van der Waals surface area contributed by atoms with Crippen LogP contribution in [0.4, 0.5) is 0 Å². The van der Waals surface area contributed by atoms with Gasteiger partial charge in [-0.3, -0.25) is 0 Å². The summed E-state index contributed by atoms with van der Waals surface area (Å²) in [6.45, 7) is -0.00564. The SMILES string of the molecule is OCc1cc(Cl)cc(Cl)c1OCc1ccc(Cl)cc1Cl. The van der Waals surface area contributed by atoms with Crippen LogP contribution in [0.15, 0.2) is 30.3 Å². The molecule has 0 aromatic heterocycles. The molecule has 0 saturated heterocycles. The van der Waals surface area contributed by atoms with Gasteiger partial charge in [-0.1, -0.05) is 52.5 Å². The first-order chi connectivity index (χ1) is 9.51. The Kier molecular flexibility index (Phi) is 5.42. The minimum absolute atomic E-state index is 0.213. The lowest BCUT2D eigenvalue weighted by molar-refractivity contribution is 0.259. The van der Waals surface area contributed by atoms with E-state index in [4.69, 9.17) is 51.1 Å². The molecule has 0 bridgehead atoms. The van der Waals surface area contributed by atoms with E-state index in [-0.39, 0.29) is 13.2 Å². The van der Waals surface area contributed by atoms with Crippen molar-refractivity contribution in [3.63, 3.8) is 0 Å². The molecule has 2 aromatic rings. The van der Waals surface area contributed by atoms with Crippen molar-refractivity contribution in [2.24, 2.45) is 0 Å². The van der Waals surface area contributed by atoms with Crippen molar-refractivity contribution < 1.29 is 9.84 Å². The second-order valence-corrected chi connectivity index (χ2v) is 5.75. The molecule has 2 aromatic carbocycles. The summed E-state index contributed by atoms with van der Waals surface area (Å²) in [6, 6.07) is 8.29. The molecule has 20 heavy (non-hydrogen) atoms. The summed E-state index contributed by atoms with van der Waals surface area (Å²) in [5.74, 6) is 0.393. The molecule has 0 radical (unpaired) electrons. The van der Waals surface area contributed by atoms with Crippen LogP contribution in [0.5, 0.6) is 5.75 Å². The van der Waals surface area contributed by atoms with Gasteiger partial charge in [-0.15, -0.1) is 0 Å². The Bertz CT molecular complexity index is 629. The Morgan fingerprint density at radius 1 is 0.850 bits per heavy atom. The quantitative estimate of drug-likeness (QED) is 0.802. The first-order valence-electron chi connectivity index (χ1n) is 5.66. The van der Waals surface area contributed by atoms with E-state index >= 15 is 0 Å². The number of ether oxygens (including phenoxy) is 1. The van der Waals surface area contributed by atoms with Gasteiger partial charge >= 0.3 is 0 Å². The van der Waals surface area contributed by atoms with E-state index in [1.54, 1.807) is 30.3 Å². The fraction of sp³-hybridized carbons (Fsp3) is 0.143. The zero-order valence-electron chi connectivity index (χ0n) is 10.2. The van der Waals surface area contributed by atoms with Crippen LogP contribution in [-0.2, 0) is 13.2 Å². The van der Waals surface area contributed by atoms with Gasteiger partial charge in [-0.25, -0.2) is 0 Å². The lowest BCUT2D eigenvalue weighted by Crippen LogP contribution is -2.00. The van der Waals surface area contributed by atoms with Gasteiger partial charge in [0.2, 0.25) is 0 Å². The Morgan fingerprint density at radius 2 is 1.55 bits per heavy atom. The third kappa shape index (κ3) is 3.72. The zero-order chi connectivity index (χ0) is 14.7. The highest BCUT2D eigenvalue weighted by Crippen LogP contribution is 2.33. The molecule has 0 aliphatic rings. The summed E-state index contributed by atoms with van der Waals surface area (Å²) in [7, 11) is 0. The molecule has 0 saturated carbocycles. The maximum absolute atomic E-state index is 9.31. The van der Waals surface area contributed by atoms with Crippen molar-refractivity contribution in [2.45, 2.75) is 13.2 Å². The third-order valence-corrected chi connectivity index (χ3v) is 3.73. The van der Waals surface area contributed by atoms with Crippen molar-refractivity contribution in [1.82, 2.24) is 0 Å². The average Bonchev–Trinajstić information content (AvgIpc) is 2.38. The van der Waals surface area contributed by atoms with Crippen molar-refractivity contribution in [1.29, 1.82) is 0 Å². The van der Waals surface area contributed by atoms with Crippen LogP contribution in [0.1, 0.15) is 11.1 Å². The van der Waals surface area contributed by atoms with Crippen LogP contribution < -0.4 is 4.74 Å².